The maximum atomic E-state index is 12.1. The Morgan fingerprint density at radius 3 is 2.57 bits per heavy atom. The van der Waals surface area contributed by atoms with E-state index in [2.05, 4.69) is 10.6 Å². The van der Waals surface area contributed by atoms with Gasteiger partial charge in [-0.3, -0.25) is 0 Å². The molecule has 0 aliphatic rings. The van der Waals surface area contributed by atoms with Gasteiger partial charge in [-0.05, 0) is 24.5 Å². The average Bonchev–Trinajstić information content (AvgIpc) is 2.37. The number of anilines is 2. The number of amides is 2. The molecule has 0 saturated heterocycles. The minimum Gasteiger partial charge on any atom is -0.396 e. The molecule has 118 valence electrons. The van der Waals surface area contributed by atoms with E-state index < -0.39 is 0 Å². The SMILES string of the molecule is CC(C)C(CCO)NC(=O)Nc1cccc(Cl)c1N(C)C. The van der Waals surface area contributed by atoms with Crippen LogP contribution in [0.2, 0.25) is 5.02 Å². The second-order valence-corrected chi connectivity index (χ2v) is 5.90. The zero-order valence-electron chi connectivity index (χ0n) is 13.0. The molecule has 2 amide bonds. The largest absolute Gasteiger partial charge is 0.396 e. The molecule has 1 rings (SSSR count). The lowest BCUT2D eigenvalue weighted by Crippen LogP contribution is -2.41. The Morgan fingerprint density at radius 1 is 1.38 bits per heavy atom. The van der Waals surface area contributed by atoms with Crippen molar-refractivity contribution >= 4 is 29.0 Å². The van der Waals surface area contributed by atoms with Crippen LogP contribution >= 0.6 is 11.6 Å². The fourth-order valence-corrected chi connectivity index (χ4v) is 2.45. The van der Waals surface area contributed by atoms with E-state index >= 15 is 0 Å². The highest BCUT2D eigenvalue weighted by Gasteiger charge is 2.17. The van der Waals surface area contributed by atoms with Gasteiger partial charge in [-0.25, -0.2) is 4.79 Å². The fraction of sp³-hybridized carbons (Fsp3) is 0.533. The zero-order chi connectivity index (χ0) is 16.0. The van der Waals surface area contributed by atoms with Crippen LogP contribution in [0, 0.1) is 5.92 Å². The quantitative estimate of drug-likeness (QED) is 0.756. The van der Waals surface area contributed by atoms with E-state index in [0.29, 0.717) is 17.1 Å². The minimum absolute atomic E-state index is 0.0449. The number of para-hydroxylation sites is 1. The van der Waals surface area contributed by atoms with E-state index in [1.54, 1.807) is 18.2 Å². The van der Waals surface area contributed by atoms with Crippen molar-refractivity contribution in [3.05, 3.63) is 23.2 Å². The summed E-state index contributed by atoms with van der Waals surface area (Å²) in [6, 6.07) is 5.00. The summed E-state index contributed by atoms with van der Waals surface area (Å²) in [6.07, 6.45) is 0.529. The van der Waals surface area contributed by atoms with Gasteiger partial charge >= 0.3 is 6.03 Å². The van der Waals surface area contributed by atoms with Gasteiger partial charge < -0.3 is 20.6 Å². The zero-order valence-corrected chi connectivity index (χ0v) is 13.7. The van der Waals surface area contributed by atoms with Crippen LogP contribution in [-0.4, -0.2) is 37.9 Å². The third kappa shape index (κ3) is 5.10. The first-order chi connectivity index (χ1) is 9.86. The Balaban J connectivity index is 2.81. The number of hydrogen-bond acceptors (Lipinski definition) is 3. The van der Waals surface area contributed by atoms with Crippen LogP contribution in [0.15, 0.2) is 18.2 Å². The van der Waals surface area contributed by atoms with Gasteiger partial charge in [0.15, 0.2) is 0 Å². The summed E-state index contributed by atoms with van der Waals surface area (Å²) < 4.78 is 0. The minimum atomic E-state index is -0.299. The Bertz CT molecular complexity index is 478. The number of aliphatic hydroxyl groups excluding tert-OH is 1. The predicted octanol–water partition coefficient (Wildman–Crippen LogP) is 2.93. The highest BCUT2D eigenvalue weighted by atomic mass is 35.5. The second-order valence-electron chi connectivity index (χ2n) is 5.49. The number of carbonyl (C=O) groups is 1. The maximum Gasteiger partial charge on any atom is 0.319 e. The number of urea groups is 1. The van der Waals surface area contributed by atoms with Crippen molar-refractivity contribution in [1.82, 2.24) is 5.32 Å². The van der Waals surface area contributed by atoms with Crippen LogP contribution in [0.4, 0.5) is 16.2 Å². The van der Waals surface area contributed by atoms with Gasteiger partial charge in [0.05, 0.1) is 16.4 Å². The predicted molar refractivity (Wildman–Crippen MR) is 88.3 cm³/mol. The molecule has 0 saturated carbocycles. The van der Waals surface area contributed by atoms with Crippen LogP contribution in [0.25, 0.3) is 0 Å². The molecule has 1 aromatic rings. The molecule has 1 aromatic carbocycles. The molecule has 1 atom stereocenters. The number of benzene rings is 1. The van der Waals surface area contributed by atoms with Crippen molar-refractivity contribution in [2.45, 2.75) is 26.3 Å². The number of carbonyl (C=O) groups excluding carboxylic acids is 1. The molecule has 0 heterocycles. The van der Waals surface area contributed by atoms with Gasteiger partial charge in [-0.2, -0.15) is 0 Å². The van der Waals surface area contributed by atoms with Crippen molar-refractivity contribution in [2.75, 3.05) is 30.9 Å². The van der Waals surface area contributed by atoms with E-state index in [1.807, 2.05) is 32.8 Å². The van der Waals surface area contributed by atoms with Gasteiger partial charge in [0.25, 0.3) is 0 Å². The highest BCUT2D eigenvalue weighted by Crippen LogP contribution is 2.32. The molecule has 5 nitrogen and oxygen atoms in total. The lowest BCUT2D eigenvalue weighted by molar-refractivity contribution is 0.227. The molecule has 0 aromatic heterocycles. The van der Waals surface area contributed by atoms with Gasteiger partial charge in [0, 0.05) is 26.7 Å². The van der Waals surface area contributed by atoms with E-state index in [0.717, 1.165) is 5.69 Å². The number of nitrogens with zero attached hydrogens (tertiary/aromatic N) is 1. The topological polar surface area (TPSA) is 64.6 Å². The highest BCUT2D eigenvalue weighted by molar-refractivity contribution is 6.34. The third-order valence-electron chi connectivity index (χ3n) is 3.24. The second kappa shape index (κ2) is 8.10. The van der Waals surface area contributed by atoms with Gasteiger partial charge in [0.2, 0.25) is 0 Å². The molecule has 0 spiro atoms. The summed E-state index contributed by atoms with van der Waals surface area (Å²) in [6.45, 7) is 4.06. The first-order valence-corrected chi connectivity index (χ1v) is 7.38. The van der Waals surface area contributed by atoms with Crippen molar-refractivity contribution in [3.8, 4) is 0 Å². The molecule has 0 aliphatic carbocycles. The first kappa shape index (κ1) is 17.6. The molecular weight excluding hydrogens is 290 g/mol. The monoisotopic (exact) mass is 313 g/mol. The van der Waals surface area contributed by atoms with E-state index in [9.17, 15) is 4.79 Å². The molecular formula is C15H24ClN3O2. The molecule has 0 fully saturated rings. The van der Waals surface area contributed by atoms with Crippen molar-refractivity contribution in [1.29, 1.82) is 0 Å². The Kier molecular flexibility index (Phi) is 6.78. The third-order valence-corrected chi connectivity index (χ3v) is 3.55. The summed E-state index contributed by atoms with van der Waals surface area (Å²) >= 11 is 6.17. The van der Waals surface area contributed by atoms with Crippen molar-refractivity contribution in [3.63, 3.8) is 0 Å². The smallest absolute Gasteiger partial charge is 0.319 e. The fourth-order valence-electron chi connectivity index (χ4n) is 2.11. The maximum absolute atomic E-state index is 12.1. The molecule has 3 N–H and O–H groups in total. The van der Waals surface area contributed by atoms with Gasteiger partial charge in [-0.1, -0.05) is 31.5 Å². The van der Waals surface area contributed by atoms with Crippen LogP contribution in [0.3, 0.4) is 0 Å². The average molecular weight is 314 g/mol. The summed E-state index contributed by atoms with van der Waals surface area (Å²) in [4.78, 5) is 14.0. The van der Waals surface area contributed by atoms with Gasteiger partial charge in [0.1, 0.15) is 0 Å². The van der Waals surface area contributed by atoms with Crippen LogP contribution in [-0.2, 0) is 0 Å². The first-order valence-electron chi connectivity index (χ1n) is 7.01. The molecule has 0 aliphatic heterocycles. The number of aliphatic hydroxyl groups is 1. The van der Waals surface area contributed by atoms with Crippen molar-refractivity contribution < 1.29 is 9.90 Å². The van der Waals surface area contributed by atoms with E-state index in [4.69, 9.17) is 16.7 Å². The van der Waals surface area contributed by atoms with Crippen LogP contribution in [0.1, 0.15) is 20.3 Å². The summed E-state index contributed by atoms with van der Waals surface area (Å²) in [5.74, 6) is 0.246. The van der Waals surface area contributed by atoms with Crippen LogP contribution < -0.4 is 15.5 Å². The number of nitrogens with one attached hydrogen (secondary N) is 2. The van der Waals surface area contributed by atoms with Crippen LogP contribution in [0.5, 0.6) is 0 Å². The number of rotatable bonds is 6. The molecule has 6 heteroatoms. The number of hydrogen-bond donors (Lipinski definition) is 3. The summed E-state index contributed by atoms with van der Waals surface area (Å²) in [7, 11) is 3.74. The lowest BCUT2D eigenvalue weighted by Gasteiger charge is -2.23. The van der Waals surface area contributed by atoms with Crippen molar-refractivity contribution in [2.24, 2.45) is 5.92 Å². The number of halogens is 1. The summed E-state index contributed by atoms with van der Waals surface area (Å²) in [5, 5.41) is 15.3. The molecule has 0 bridgehead atoms. The van der Waals surface area contributed by atoms with E-state index in [-0.39, 0.29) is 24.6 Å². The molecule has 0 radical (unpaired) electrons. The lowest BCUT2D eigenvalue weighted by atomic mass is 10.0. The normalized spacial score (nSPS) is 12.1. The van der Waals surface area contributed by atoms with Gasteiger partial charge in [-0.15, -0.1) is 0 Å². The van der Waals surface area contributed by atoms with E-state index in [1.165, 1.54) is 0 Å². The Labute approximate surface area is 131 Å². The Morgan fingerprint density at radius 2 is 2.05 bits per heavy atom. The Hall–Kier alpha value is -1.46. The summed E-state index contributed by atoms with van der Waals surface area (Å²) in [5.41, 5.74) is 1.41. The standard InChI is InChI=1S/C15H24ClN3O2/c1-10(2)12(8-9-20)17-15(21)18-13-7-5-6-11(16)14(13)19(3)4/h5-7,10,12,20H,8-9H2,1-4H3,(H2,17,18,21). The molecule has 1 unspecified atom stereocenters. The molecule has 21 heavy (non-hydrogen) atoms.